The van der Waals surface area contributed by atoms with Crippen molar-refractivity contribution in [2.24, 2.45) is 28.6 Å². The molecule has 1 aromatic carbocycles. The van der Waals surface area contributed by atoms with Crippen molar-refractivity contribution in [1.29, 1.82) is 0 Å². The van der Waals surface area contributed by atoms with E-state index < -0.39 is 81.7 Å². The van der Waals surface area contributed by atoms with Crippen molar-refractivity contribution in [3.63, 3.8) is 0 Å². The molecule has 5 rings (SSSR count). The van der Waals surface area contributed by atoms with Gasteiger partial charge in [0.1, 0.15) is 12.8 Å². The first-order chi connectivity index (χ1) is 18.8. The molecule has 0 heterocycles. The highest BCUT2D eigenvalue weighted by molar-refractivity contribution is 7.80. The topological polar surface area (TPSA) is 72.8 Å². The zero-order chi connectivity index (χ0) is 29.3. The summed E-state index contributed by atoms with van der Waals surface area (Å²) in [6.07, 6.45) is -1.72. The first kappa shape index (κ1) is 29.0. The molecule has 3 fully saturated rings. The molecule has 0 amide bonds. The number of carbonyl (C=O) groups excluding carboxylic acids is 2. The molecule has 0 spiro atoms. The number of rotatable bonds is 5. The Labute approximate surface area is 237 Å². The number of esters is 1. The summed E-state index contributed by atoms with van der Waals surface area (Å²) < 4.78 is 60.6. The van der Waals surface area contributed by atoms with Crippen LogP contribution in [0.5, 0.6) is 0 Å². The van der Waals surface area contributed by atoms with Crippen molar-refractivity contribution in [3.05, 3.63) is 59.4 Å². The third kappa shape index (κ3) is 3.72. The Kier molecular flexibility index (Phi) is 7.10. The molecule has 0 saturated heterocycles. The van der Waals surface area contributed by atoms with Crippen LogP contribution < -0.4 is 0 Å². The molecule has 4 aliphatic rings. The van der Waals surface area contributed by atoms with E-state index >= 15 is 13.2 Å². The normalized spacial score (nSPS) is 42.1. The SMILES string of the molecule is CCC(=O)O[C@]1(C(=S)OCc2ccccc2)[C@H](C)C[C@H]2[C@@H]3C[C@H](F)C4=C(F)C(=O)C=C[C@]4(C)[C@]3(F)[C@@H](O)C[C@@]21C. The molecule has 0 unspecified atom stereocenters. The Morgan fingerprint density at radius 1 is 1.18 bits per heavy atom. The zero-order valence-corrected chi connectivity index (χ0v) is 23.9. The number of alkyl halides is 2. The number of halogens is 3. The Morgan fingerprint density at radius 2 is 1.85 bits per heavy atom. The van der Waals surface area contributed by atoms with Gasteiger partial charge in [-0.3, -0.25) is 9.59 Å². The second-order valence-corrected chi connectivity index (χ2v) is 12.6. The molecule has 0 aliphatic heterocycles. The summed E-state index contributed by atoms with van der Waals surface area (Å²) in [4.78, 5) is 24.9. The van der Waals surface area contributed by atoms with Gasteiger partial charge < -0.3 is 14.6 Å². The second kappa shape index (κ2) is 9.79. The molecule has 1 N–H and O–H groups in total. The quantitative estimate of drug-likeness (QED) is 0.338. The van der Waals surface area contributed by atoms with E-state index in [0.717, 1.165) is 11.6 Å². The number of benzene rings is 1. The largest absolute Gasteiger partial charge is 0.479 e. The van der Waals surface area contributed by atoms with Crippen LogP contribution in [0.15, 0.2) is 53.9 Å². The zero-order valence-electron chi connectivity index (χ0n) is 23.1. The van der Waals surface area contributed by atoms with Gasteiger partial charge in [0.25, 0.3) is 0 Å². The predicted octanol–water partition coefficient (Wildman–Crippen LogP) is 6.08. The Hall–Kier alpha value is -2.52. The molecule has 9 heteroatoms. The van der Waals surface area contributed by atoms with Crippen molar-refractivity contribution in [1.82, 2.24) is 0 Å². The molecule has 0 bridgehead atoms. The number of thiocarbonyl (C=S) groups is 1. The van der Waals surface area contributed by atoms with Crippen LogP contribution in [0.1, 0.15) is 58.9 Å². The number of ketones is 1. The van der Waals surface area contributed by atoms with Crippen molar-refractivity contribution < 1.29 is 37.3 Å². The maximum Gasteiger partial charge on any atom is 0.306 e. The van der Waals surface area contributed by atoms with Gasteiger partial charge in [-0.15, -0.1) is 0 Å². The molecular formula is C31H35F3O5S. The molecule has 4 aliphatic carbocycles. The van der Waals surface area contributed by atoms with Gasteiger partial charge in [0.05, 0.1) is 6.10 Å². The van der Waals surface area contributed by atoms with Gasteiger partial charge in [0.15, 0.2) is 17.1 Å². The third-order valence-electron chi connectivity index (χ3n) is 10.3. The van der Waals surface area contributed by atoms with Crippen molar-refractivity contribution in [3.8, 4) is 0 Å². The molecule has 1 aromatic rings. The maximum atomic E-state index is 17.5. The van der Waals surface area contributed by atoms with Gasteiger partial charge >= 0.3 is 5.97 Å². The highest BCUT2D eigenvalue weighted by Gasteiger charge is 2.78. The van der Waals surface area contributed by atoms with E-state index in [1.165, 1.54) is 13.0 Å². The minimum Gasteiger partial charge on any atom is -0.479 e. The van der Waals surface area contributed by atoms with E-state index in [1.54, 1.807) is 13.8 Å². The van der Waals surface area contributed by atoms with Crippen molar-refractivity contribution in [2.75, 3.05) is 0 Å². The van der Waals surface area contributed by atoms with Gasteiger partial charge in [0, 0.05) is 34.7 Å². The molecule has 0 aromatic heterocycles. The van der Waals surface area contributed by atoms with Crippen LogP contribution in [-0.4, -0.2) is 45.5 Å². The van der Waals surface area contributed by atoms with Gasteiger partial charge in [-0.2, -0.15) is 0 Å². The van der Waals surface area contributed by atoms with E-state index in [1.807, 2.05) is 37.3 Å². The van der Waals surface area contributed by atoms with E-state index in [2.05, 4.69) is 0 Å². The number of hydrogen-bond donors (Lipinski definition) is 1. The van der Waals surface area contributed by atoms with Crippen molar-refractivity contribution >= 4 is 29.0 Å². The monoisotopic (exact) mass is 576 g/mol. The van der Waals surface area contributed by atoms with Crippen LogP contribution in [0.2, 0.25) is 0 Å². The fraction of sp³-hybridized carbons (Fsp3) is 0.581. The molecule has 0 radical (unpaired) electrons. The van der Waals surface area contributed by atoms with E-state index in [0.29, 0.717) is 6.42 Å². The summed E-state index contributed by atoms with van der Waals surface area (Å²) in [6.45, 7) is 6.77. The summed E-state index contributed by atoms with van der Waals surface area (Å²) in [5.74, 6) is -4.94. The average Bonchev–Trinajstić information content (AvgIpc) is 3.14. The van der Waals surface area contributed by atoms with Gasteiger partial charge in [-0.05, 0) is 56.0 Å². The molecule has 5 nitrogen and oxygen atoms in total. The van der Waals surface area contributed by atoms with Crippen LogP contribution >= 0.6 is 12.2 Å². The van der Waals surface area contributed by atoms with E-state index in [9.17, 15) is 14.7 Å². The molecule has 216 valence electrons. The lowest BCUT2D eigenvalue weighted by atomic mass is 9.44. The summed E-state index contributed by atoms with van der Waals surface area (Å²) in [6, 6.07) is 9.33. The van der Waals surface area contributed by atoms with Crippen LogP contribution in [0.25, 0.3) is 0 Å². The van der Waals surface area contributed by atoms with Gasteiger partial charge in [-0.25, -0.2) is 13.2 Å². The Morgan fingerprint density at radius 3 is 2.50 bits per heavy atom. The first-order valence-corrected chi connectivity index (χ1v) is 14.3. The molecule has 3 saturated carbocycles. The summed E-state index contributed by atoms with van der Waals surface area (Å²) in [5.41, 5.74) is -6.65. The number of ether oxygens (including phenoxy) is 2. The van der Waals surface area contributed by atoms with Gasteiger partial charge in [0.2, 0.25) is 10.8 Å². The van der Waals surface area contributed by atoms with Crippen LogP contribution in [0.4, 0.5) is 13.2 Å². The van der Waals surface area contributed by atoms with E-state index in [-0.39, 0.29) is 24.5 Å². The van der Waals surface area contributed by atoms with Crippen LogP contribution in [0, 0.1) is 28.6 Å². The average molecular weight is 577 g/mol. The summed E-state index contributed by atoms with van der Waals surface area (Å²) in [5, 5.41) is 11.7. The second-order valence-electron chi connectivity index (χ2n) is 12.2. The fourth-order valence-electron chi connectivity index (χ4n) is 8.39. The number of hydrogen-bond acceptors (Lipinski definition) is 6. The number of fused-ring (bicyclic) bond motifs is 5. The lowest BCUT2D eigenvalue weighted by Crippen LogP contribution is -2.71. The van der Waals surface area contributed by atoms with E-state index in [4.69, 9.17) is 21.7 Å². The van der Waals surface area contributed by atoms with Crippen LogP contribution in [0.3, 0.4) is 0 Å². The first-order valence-electron chi connectivity index (χ1n) is 13.9. The smallest absolute Gasteiger partial charge is 0.306 e. The molecular weight excluding hydrogens is 541 g/mol. The minimum atomic E-state index is -2.47. The lowest BCUT2D eigenvalue weighted by Gasteiger charge is -2.63. The number of aliphatic hydroxyl groups excluding tert-OH is 1. The highest BCUT2D eigenvalue weighted by Crippen LogP contribution is 2.72. The number of aliphatic hydroxyl groups is 1. The summed E-state index contributed by atoms with van der Waals surface area (Å²) in [7, 11) is 0. The molecule has 40 heavy (non-hydrogen) atoms. The standard InChI is InChI=1S/C31H35F3O5S/c1-5-24(37)39-31(27(40)38-16-18-9-7-6-8-10-18)17(2)13-19-20-14-21(32)25-26(33)22(35)11-12-28(25,3)30(20,34)23(36)15-29(19,31)4/h6-12,17,19-21,23,36H,5,13-16H2,1-4H3/t17-,19+,20+,21+,23+,28+,29+,30-,31+/m1/s1. The summed E-state index contributed by atoms with van der Waals surface area (Å²) >= 11 is 5.83. The van der Waals surface area contributed by atoms with Gasteiger partial charge in [-0.1, -0.05) is 57.2 Å². The Bertz CT molecular complexity index is 1300. The third-order valence-corrected chi connectivity index (χ3v) is 10.7. The maximum absolute atomic E-state index is 17.5. The Balaban J connectivity index is 1.60. The van der Waals surface area contributed by atoms with Crippen LogP contribution in [-0.2, 0) is 25.7 Å². The number of carbonyl (C=O) groups is 2. The minimum absolute atomic E-state index is 0.0304. The molecule has 9 atom stereocenters. The highest BCUT2D eigenvalue weighted by atomic mass is 32.1. The lowest BCUT2D eigenvalue weighted by molar-refractivity contribution is -0.223. The predicted molar refractivity (Wildman–Crippen MR) is 146 cm³/mol. The number of allylic oxidation sites excluding steroid dienone is 4. The fourth-order valence-corrected chi connectivity index (χ4v) is 8.93. The van der Waals surface area contributed by atoms with Crippen molar-refractivity contribution in [2.45, 2.75) is 83.5 Å².